The molecular formula is C87H134O17P2. The van der Waals surface area contributed by atoms with Crippen LogP contribution in [0.3, 0.4) is 0 Å². The average molecular weight is 1510 g/mol. The lowest BCUT2D eigenvalue weighted by Crippen LogP contribution is -2.30. The molecule has 5 atom stereocenters. The Hall–Kier alpha value is -6.62. The van der Waals surface area contributed by atoms with Crippen LogP contribution in [0.2, 0.25) is 0 Å². The molecule has 0 aromatic rings. The van der Waals surface area contributed by atoms with E-state index in [1.165, 1.54) is 0 Å². The summed E-state index contributed by atoms with van der Waals surface area (Å²) in [5.74, 6) is -2.43. The second kappa shape index (κ2) is 76.6. The molecule has 0 aromatic carbocycles. The monoisotopic (exact) mass is 1510 g/mol. The number of rotatable bonds is 70. The fourth-order valence-electron chi connectivity index (χ4n) is 9.16. The highest BCUT2D eigenvalue weighted by atomic mass is 31.2. The van der Waals surface area contributed by atoms with Crippen molar-refractivity contribution < 1.29 is 80.2 Å². The molecule has 0 heterocycles. The van der Waals surface area contributed by atoms with Gasteiger partial charge in [-0.2, -0.15) is 0 Å². The molecule has 0 spiro atoms. The maximum absolute atomic E-state index is 13.1. The van der Waals surface area contributed by atoms with E-state index in [-0.39, 0.29) is 25.7 Å². The second-order valence-electron chi connectivity index (χ2n) is 24.8. The smallest absolute Gasteiger partial charge is 0.462 e. The Morgan fingerprint density at radius 1 is 0.264 bits per heavy atom. The highest BCUT2D eigenvalue weighted by Crippen LogP contribution is 2.45. The number of allylic oxidation sites excluding steroid dienone is 36. The fraction of sp³-hybridized carbons (Fsp3) is 0.540. The first-order valence-corrected chi connectivity index (χ1v) is 42.0. The lowest BCUT2D eigenvalue weighted by molar-refractivity contribution is -0.161. The number of hydrogen-bond acceptors (Lipinski definition) is 15. The van der Waals surface area contributed by atoms with Crippen LogP contribution in [0.1, 0.15) is 246 Å². The van der Waals surface area contributed by atoms with Crippen LogP contribution in [-0.2, 0) is 65.4 Å². The van der Waals surface area contributed by atoms with Crippen molar-refractivity contribution in [3.63, 3.8) is 0 Å². The van der Waals surface area contributed by atoms with Crippen LogP contribution in [0.4, 0.5) is 0 Å². The van der Waals surface area contributed by atoms with Gasteiger partial charge >= 0.3 is 39.5 Å². The lowest BCUT2D eigenvalue weighted by Gasteiger charge is -2.21. The Morgan fingerprint density at radius 3 is 0.774 bits per heavy atom. The van der Waals surface area contributed by atoms with Gasteiger partial charge in [-0.1, -0.05) is 259 Å². The van der Waals surface area contributed by atoms with E-state index in [1.807, 2.05) is 24.3 Å². The summed E-state index contributed by atoms with van der Waals surface area (Å²) in [6.07, 6.45) is 96.6. The summed E-state index contributed by atoms with van der Waals surface area (Å²) in [6.45, 7) is 4.15. The van der Waals surface area contributed by atoms with E-state index in [9.17, 15) is 43.2 Å². The third kappa shape index (κ3) is 75.6. The zero-order valence-corrected chi connectivity index (χ0v) is 66.5. The van der Waals surface area contributed by atoms with E-state index in [0.717, 1.165) is 148 Å². The van der Waals surface area contributed by atoms with Gasteiger partial charge in [0.25, 0.3) is 0 Å². The summed E-state index contributed by atoms with van der Waals surface area (Å²) in [5.41, 5.74) is 0. The van der Waals surface area contributed by atoms with Gasteiger partial charge in [0.2, 0.25) is 0 Å². The molecule has 0 aliphatic carbocycles. The molecular weight excluding hydrogens is 1380 g/mol. The molecule has 0 amide bonds. The number of phosphoric acid groups is 2. The minimum absolute atomic E-state index is 0.0152. The summed E-state index contributed by atoms with van der Waals surface area (Å²) in [6, 6.07) is 0. The van der Waals surface area contributed by atoms with Gasteiger partial charge in [-0.05, 0) is 180 Å². The maximum Gasteiger partial charge on any atom is 0.472 e. The van der Waals surface area contributed by atoms with Crippen LogP contribution in [0, 0.1) is 0 Å². The molecule has 17 nitrogen and oxygen atoms in total. The summed E-state index contributed by atoms with van der Waals surface area (Å²) >= 11 is 0. The van der Waals surface area contributed by atoms with Crippen LogP contribution >= 0.6 is 15.6 Å². The van der Waals surface area contributed by atoms with Gasteiger partial charge < -0.3 is 33.8 Å². The number of unbranched alkanes of at least 4 members (excludes halogenated alkanes) is 8. The van der Waals surface area contributed by atoms with Gasteiger partial charge in [0.15, 0.2) is 12.2 Å². The van der Waals surface area contributed by atoms with Gasteiger partial charge in [-0.3, -0.25) is 37.3 Å². The molecule has 0 bridgehead atoms. The second-order valence-corrected chi connectivity index (χ2v) is 27.7. The van der Waals surface area contributed by atoms with Crippen LogP contribution < -0.4 is 0 Å². The summed E-state index contributed by atoms with van der Waals surface area (Å²) < 4.78 is 68.4. The quantitative estimate of drug-likeness (QED) is 0.0169. The van der Waals surface area contributed by atoms with E-state index in [2.05, 4.69) is 222 Å². The SMILES string of the molecule is CC/C=C\C/C=C\C/C=C\C/C=C\C/C=C\C/C=C\CCC(=O)OCC(COP(=O)(O)OCC(O)COP(=O)(O)OCC(COC(=O)CCCCCC/C=C\C/C=C\C/C=C\C/C=C\CC)OC(=O)CCCC/C=C\C/C=C\C/C=C\C/C=C\CC)OC(=O)CCCC/C=C\C/C=C\C/C=C\C/C=C\CC. The van der Waals surface area contributed by atoms with Gasteiger partial charge in [0.05, 0.1) is 26.4 Å². The summed E-state index contributed by atoms with van der Waals surface area (Å²) in [4.78, 5) is 73.0. The molecule has 0 aromatic heterocycles. The van der Waals surface area contributed by atoms with Crippen molar-refractivity contribution in [3.05, 3.63) is 219 Å². The third-order valence-corrected chi connectivity index (χ3v) is 16.8. The first kappa shape index (κ1) is 99.4. The van der Waals surface area contributed by atoms with Crippen molar-refractivity contribution in [2.45, 2.75) is 264 Å². The van der Waals surface area contributed by atoms with Crippen molar-refractivity contribution in [2.24, 2.45) is 0 Å². The standard InChI is InChI=1S/C87H134O17P2/c1-5-9-13-17-21-25-29-33-37-39-40-42-46-48-52-56-60-64-68-72-85(90)98-78-83(104-87(92)74-70-66-62-58-54-50-44-36-32-28-24-20-16-12-8-4)80-102-106(95,96)100-76-81(88)75-99-105(93,94)101-79-82(103-86(91)73-69-65-61-57-53-49-43-35-31-27-23-19-15-11-7-3)77-97-84(89)71-67-63-59-55-51-47-45-41-38-34-30-26-22-18-14-10-6-2/h9-16,21-28,33-38,40,42-45,47-48,52-54,57-58,60,64,81-83,88H,5-8,17-20,29-32,39,41,46,49-51,55-56,59,61-63,65-80H2,1-4H3,(H,93,94)(H,95,96)/b13-9-,14-10-,15-11-,16-12-,25-21-,26-22-,27-23-,28-24-,37-33-,38-34-,42-40-,43-35-,44-36-,47-45-,52-48-,57-53-,58-54-,64-60-. The topological polar surface area (TPSA) is 237 Å². The Balaban J connectivity index is 5.55. The number of carbonyl (C=O) groups is 4. The first-order valence-electron chi connectivity index (χ1n) is 39.0. The van der Waals surface area contributed by atoms with Crippen LogP contribution in [0.15, 0.2) is 219 Å². The maximum atomic E-state index is 13.1. The van der Waals surface area contributed by atoms with Crippen molar-refractivity contribution in [2.75, 3.05) is 39.6 Å². The Bertz CT molecular complexity index is 2880. The number of ether oxygens (including phenoxy) is 4. The van der Waals surface area contributed by atoms with E-state index in [0.29, 0.717) is 44.9 Å². The van der Waals surface area contributed by atoms with Crippen molar-refractivity contribution in [1.29, 1.82) is 0 Å². The molecule has 0 radical (unpaired) electrons. The van der Waals surface area contributed by atoms with Gasteiger partial charge in [-0.15, -0.1) is 0 Å². The van der Waals surface area contributed by atoms with Gasteiger partial charge in [-0.25, -0.2) is 9.13 Å². The number of hydrogen-bond donors (Lipinski definition) is 3. The number of aliphatic hydroxyl groups is 1. The van der Waals surface area contributed by atoms with Gasteiger partial charge in [0.1, 0.15) is 19.3 Å². The molecule has 3 N–H and O–H groups in total. The Morgan fingerprint density at radius 2 is 0.481 bits per heavy atom. The third-order valence-electron chi connectivity index (χ3n) is 14.9. The molecule has 106 heavy (non-hydrogen) atoms. The average Bonchev–Trinajstić information content (AvgIpc) is 0.909. The zero-order valence-electron chi connectivity index (χ0n) is 64.8. The minimum atomic E-state index is -5.02. The van der Waals surface area contributed by atoms with Crippen LogP contribution in [0.5, 0.6) is 0 Å². The minimum Gasteiger partial charge on any atom is -0.462 e. The van der Waals surface area contributed by atoms with E-state index in [4.69, 9.17) is 37.0 Å². The Labute approximate surface area is 639 Å². The largest absolute Gasteiger partial charge is 0.472 e. The molecule has 0 aliphatic rings. The molecule has 0 saturated heterocycles. The number of aliphatic hydroxyl groups excluding tert-OH is 1. The lowest BCUT2D eigenvalue weighted by atomic mass is 10.1. The zero-order chi connectivity index (χ0) is 77.4. The van der Waals surface area contributed by atoms with Crippen molar-refractivity contribution in [1.82, 2.24) is 0 Å². The van der Waals surface area contributed by atoms with Crippen LogP contribution in [0.25, 0.3) is 0 Å². The van der Waals surface area contributed by atoms with Crippen molar-refractivity contribution in [3.8, 4) is 0 Å². The predicted octanol–water partition coefficient (Wildman–Crippen LogP) is 22.9. The van der Waals surface area contributed by atoms with E-state index < -0.39 is 97.5 Å². The summed E-state index contributed by atoms with van der Waals surface area (Å²) in [7, 11) is -10.0. The Kier molecular flexibility index (Phi) is 71.8. The van der Waals surface area contributed by atoms with Gasteiger partial charge in [0, 0.05) is 25.7 Å². The molecule has 0 rings (SSSR count). The fourth-order valence-corrected chi connectivity index (χ4v) is 10.7. The van der Waals surface area contributed by atoms with Crippen LogP contribution in [-0.4, -0.2) is 96.7 Å². The van der Waals surface area contributed by atoms with E-state index >= 15 is 0 Å². The van der Waals surface area contributed by atoms with E-state index in [1.54, 1.807) is 0 Å². The normalized spacial score (nSPS) is 15.0. The molecule has 0 fully saturated rings. The van der Waals surface area contributed by atoms with Crippen molar-refractivity contribution >= 4 is 39.5 Å². The highest BCUT2D eigenvalue weighted by molar-refractivity contribution is 7.47. The number of esters is 4. The molecule has 594 valence electrons. The number of phosphoric ester groups is 2. The predicted molar refractivity (Wildman–Crippen MR) is 435 cm³/mol. The molecule has 0 saturated carbocycles. The molecule has 0 aliphatic heterocycles. The molecule has 19 heteroatoms. The summed E-state index contributed by atoms with van der Waals surface area (Å²) in [5, 5.41) is 10.6. The first-order chi connectivity index (χ1) is 51.7. The molecule has 5 unspecified atom stereocenters. The highest BCUT2D eigenvalue weighted by Gasteiger charge is 2.30. The number of carbonyl (C=O) groups excluding carboxylic acids is 4.